The molecular weight excluding hydrogens is 493 g/mol. The zero-order chi connectivity index (χ0) is 26.8. The number of nitriles is 1. The average Bonchev–Trinajstić information content (AvgIpc) is 2.91. The van der Waals surface area contributed by atoms with Gasteiger partial charge in [-0.15, -0.1) is 0 Å². The fraction of sp³-hybridized carbons (Fsp3) is 0.250. The van der Waals surface area contributed by atoms with Crippen LogP contribution in [0.1, 0.15) is 53.0 Å². The van der Waals surface area contributed by atoms with E-state index in [1.807, 2.05) is 36.9 Å². The second kappa shape index (κ2) is 10.9. The van der Waals surface area contributed by atoms with Crippen molar-refractivity contribution in [2.45, 2.75) is 50.5 Å². The zero-order valence-corrected chi connectivity index (χ0v) is 22.4. The highest BCUT2D eigenvalue weighted by Gasteiger charge is 2.41. The van der Waals surface area contributed by atoms with Crippen molar-refractivity contribution in [3.8, 4) is 6.07 Å². The van der Waals surface area contributed by atoms with Crippen LogP contribution in [0.4, 0.5) is 10.1 Å². The maximum Gasteiger partial charge on any atom is 0.161 e. The lowest BCUT2D eigenvalue weighted by atomic mass is 9.74. The highest BCUT2D eigenvalue weighted by molar-refractivity contribution is 7.97. The van der Waals surface area contributed by atoms with Gasteiger partial charge in [-0.2, -0.15) is 17.0 Å². The molecule has 192 valence electrons. The van der Waals surface area contributed by atoms with Crippen molar-refractivity contribution >= 4 is 23.2 Å². The Morgan fingerprint density at radius 1 is 1.03 bits per heavy atom. The van der Waals surface area contributed by atoms with E-state index in [2.05, 4.69) is 37.3 Å². The van der Waals surface area contributed by atoms with Crippen molar-refractivity contribution in [3.05, 3.63) is 123 Å². The summed E-state index contributed by atoms with van der Waals surface area (Å²) in [6.45, 7) is 4.12. The average molecular weight is 524 g/mol. The molecule has 1 atom stereocenters. The lowest BCUT2D eigenvalue weighted by Gasteiger charge is -2.40. The summed E-state index contributed by atoms with van der Waals surface area (Å²) in [7, 11) is 0. The van der Waals surface area contributed by atoms with Crippen LogP contribution in [0.2, 0.25) is 0 Å². The molecule has 38 heavy (non-hydrogen) atoms. The smallest absolute Gasteiger partial charge is 0.161 e. The molecule has 1 heterocycles. The lowest BCUT2D eigenvalue weighted by molar-refractivity contribution is -0.116. The number of benzene rings is 3. The number of para-hydroxylation sites is 1. The van der Waals surface area contributed by atoms with Crippen LogP contribution < -0.4 is 10.6 Å². The molecule has 1 aliphatic heterocycles. The maximum absolute atomic E-state index is 14.9. The van der Waals surface area contributed by atoms with Gasteiger partial charge in [0.2, 0.25) is 0 Å². The van der Waals surface area contributed by atoms with Crippen molar-refractivity contribution < 1.29 is 9.18 Å². The molecule has 0 radical (unpaired) electrons. The molecule has 0 saturated heterocycles. The van der Waals surface area contributed by atoms with Crippen LogP contribution in [-0.2, 0) is 16.3 Å². The highest BCUT2D eigenvalue weighted by atomic mass is 32.2. The molecule has 3 aromatic rings. The Labute approximate surface area is 227 Å². The molecule has 1 unspecified atom stereocenters. The number of carbonyl (C=O) groups is 1. The van der Waals surface area contributed by atoms with Crippen LogP contribution in [0.3, 0.4) is 0 Å². The Hall–Kier alpha value is -3.82. The van der Waals surface area contributed by atoms with Gasteiger partial charge in [0.1, 0.15) is 11.6 Å². The van der Waals surface area contributed by atoms with Crippen LogP contribution >= 0.6 is 11.8 Å². The first kappa shape index (κ1) is 25.8. The van der Waals surface area contributed by atoms with Gasteiger partial charge < -0.3 is 5.73 Å². The van der Waals surface area contributed by atoms with E-state index in [9.17, 15) is 14.4 Å². The topological polar surface area (TPSA) is 70.1 Å². The zero-order valence-electron chi connectivity index (χ0n) is 21.6. The van der Waals surface area contributed by atoms with E-state index >= 15 is 0 Å². The summed E-state index contributed by atoms with van der Waals surface area (Å²) in [6.07, 6.45) is 1.67. The van der Waals surface area contributed by atoms with E-state index in [0.717, 1.165) is 22.6 Å². The quantitative estimate of drug-likeness (QED) is 0.371. The second-order valence-corrected chi connectivity index (χ2v) is 10.9. The monoisotopic (exact) mass is 523 g/mol. The van der Waals surface area contributed by atoms with Gasteiger partial charge in [-0.05, 0) is 66.6 Å². The van der Waals surface area contributed by atoms with Gasteiger partial charge in [0.25, 0.3) is 0 Å². The Balaban J connectivity index is 1.59. The maximum atomic E-state index is 14.9. The number of thioether (sulfide) groups is 1. The third-order valence-electron chi connectivity index (χ3n) is 7.41. The Kier molecular flexibility index (Phi) is 7.40. The molecule has 0 bridgehead atoms. The van der Waals surface area contributed by atoms with Crippen molar-refractivity contribution in [1.29, 1.82) is 5.26 Å². The first-order valence-corrected chi connectivity index (χ1v) is 14.0. The number of ketones is 1. The molecule has 3 aromatic carbocycles. The van der Waals surface area contributed by atoms with Crippen LogP contribution in [0.5, 0.6) is 0 Å². The molecule has 0 fully saturated rings. The van der Waals surface area contributed by atoms with E-state index in [1.54, 1.807) is 23.1 Å². The number of nitrogens with zero attached hydrogens (tertiary/aromatic N) is 2. The SMILES string of the molecule is Cc1cc(C)c(C2C(C#N)=C(N)N(c3ccccc3F)C3=C2C(=O)CCC3)cc1CSCc1ccccc1. The number of hydrogen-bond donors (Lipinski definition) is 1. The number of rotatable bonds is 6. The number of halogens is 1. The van der Waals surface area contributed by atoms with Crippen molar-refractivity contribution in [2.24, 2.45) is 5.73 Å². The number of hydrogen-bond acceptors (Lipinski definition) is 5. The van der Waals surface area contributed by atoms with Gasteiger partial charge in [-0.3, -0.25) is 9.69 Å². The predicted octanol–water partition coefficient (Wildman–Crippen LogP) is 7.18. The third kappa shape index (κ3) is 4.75. The number of nitrogens with two attached hydrogens (primary N) is 1. The number of carbonyl (C=O) groups excluding carboxylic acids is 1. The molecule has 0 saturated carbocycles. The van der Waals surface area contributed by atoms with Crippen LogP contribution in [0, 0.1) is 31.0 Å². The summed E-state index contributed by atoms with van der Waals surface area (Å²) in [4.78, 5) is 15.1. The normalized spacial score (nSPS) is 17.5. The summed E-state index contributed by atoms with van der Waals surface area (Å²) in [5, 5.41) is 10.3. The van der Waals surface area contributed by atoms with Crippen LogP contribution in [0.25, 0.3) is 0 Å². The molecular formula is C32H30FN3OS. The minimum absolute atomic E-state index is 0.00202. The molecule has 0 aromatic heterocycles. The van der Waals surface area contributed by atoms with Gasteiger partial charge in [-0.1, -0.05) is 54.6 Å². The molecule has 1 aliphatic carbocycles. The van der Waals surface area contributed by atoms with Crippen molar-refractivity contribution in [3.63, 3.8) is 0 Å². The summed E-state index contributed by atoms with van der Waals surface area (Å²) in [6, 6.07) is 23.3. The van der Waals surface area contributed by atoms with E-state index in [4.69, 9.17) is 5.73 Å². The van der Waals surface area contributed by atoms with Gasteiger partial charge in [0, 0.05) is 29.2 Å². The Bertz CT molecular complexity index is 1500. The Morgan fingerprint density at radius 2 is 1.76 bits per heavy atom. The summed E-state index contributed by atoms with van der Waals surface area (Å²) >= 11 is 1.83. The number of anilines is 1. The summed E-state index contributed by atoms with van der Waals surface area (Å²) in [5.41, 5.74) is 14.0. The first-order valence-electron chi connectivity index (χ1n) is 12.8. The first-order chi connectivity index (χ1) is 18.4. The largest absolute Gasteiger partial charge is 0.384 e. The predicted molar refractivity (Wildman–Crippen MR) is 152 cm³/mol. The lowest BCUT2D eigenvalue weighted by Crippen LogP contribution is -2.39. The molecule has 2 N–H and O–H groups in total. The van der Waals surface area contributed by atoms with E-state index in [0.29, 0.717) is 30.5 Å². The molecule has 5 rings (SSSR count). The van der Waals surface area contributed by atoms with Gasteiger partial charge in [0.15, 0.2) is 5.78 Å². The van der Waals surface area contributed by atoms with Crippen LogP contribution in [0.15, 0.2) is 89.4 Å². The standard InChI is InChI=1S/C32H30FN3OS/c1-20-15-21(2)24(16-23(20)19-38-18-22-9-4-3-5-10-22)30-25(17-34)32(35)36(27-12-7-6-11-26(27)33)28-13-8-14-29(37)31(28)30/h3-7,9-12,15-16,30H,8,13-14,18-19,35H2,1-2H3. The second-order valence-electron chi connectivity index (χ2n) is 9.88. The fourth-order valence-electron chi connectivity index (χ4n) is 5.54. The number of allylic oxidation sites excluding steroid dienone is 3. The number of Topliss-reactive ketones (excluding diaryl/α,β-unsaturated/α-hetero) is 1. The van der Waals surface area contributed by atoms with Crippen LogP contribution in [-0.4, -0.2) is 5.78 Å². The van der Waals surface area contributed by atoms with Crippen molar-refractivity contribution in [1.82, 2.24) is 0 Å². The van der Waals surface area contributed by atoms with Gasteiger partial charge in [0.05, 0.1) is 23.2 Å². The number of aryl methyl sites for hydroxylation is 2. The van der Waals surface area contributed by atoms with E-state index in [-0.39, 0.29) is 22.9 Å². The molecule has 4 nitrogen and oxygen atoms in total. The van der Waals surface area contributed by atoms with Crippen molar-refractivity contribution in [2.75, 3.05) is 4.90 Å². The Morgan fingerprint density at radius 3 is 2.50 bits per heavy atom. The molecule has 0 spiro atoms. The minimum atomic E-state index is -0.565. The summed E-state index contributed by atoms with van der Waals surface area (Å²) < 4.78 is 14.9. The molecule has 0 amide bonds. The highest BCUT2D eigenvalue weighted by Crippen LogP contribution is 2.47. The third-order valence-corrected chi connectivity index (χ3v) is 8.46. The minimum Gasteiger partial charge on any atom is -0.384 e. The van der Waals surface area contributed by atoms with Gasteiger partial charge in [-0.25, -0.2) is 4.39 Å². The van der Waals surface area contributed by atoms with E-state index in [1.165, 1.54) is 22.8 Å². The van der Waals surface area contributed by atoms with E-state index < -0.39 is 11.7 Å². The fourth-order valence-corrected chi connectivity index (χ4v) is 6.60. The molecule has 2 aliphatic rings. The van der Waals surface area contributed by atoms with Gasteiger partial charge >= 0.3 is 0 Å². The summed E-state index contributed by atoms with van der Waals surface area (Å²) in [5.74, 6) is 0.885. The molecule has 6 heteroatoms.